The van der Waals surface area contributed by atoms with Crippen molar-refractivity contribution in [3.8, 4) is 22.6 Å². The Labute approximate surface area is 210 Å². The average Bonchev–Trinajstić information content (AvgIpc) is 2.87. The number of esters is 1. The first kappa shape index (κ1) is 25.8. The van der Waals surface area contributed by atoms with Gasteiger partial charge in [0.2, 0.25) is 0 Å². The van der Waals surface area contributed by atoms with Gasteiger partial charge in [-0.1, -0.05) is 57.4 Å². The van der Waals surface area contributed by atoms with Crippen LogP contribution >= 0.6 is 0 Å². The summed E-state index contributed by atoms with van der Waals surface area (Å²) in [5.74, 6) is -2.08. The molecule has 6 heteroatoms. The number of ether oxygens (including phenoxy) is 2. The van der Waals surface area contributed by atoms with Crippen molar-refractivity contribution in [1.82, 2.24) is 0 Å². The monoisotopic (exact) mass is 496 g/mol. The van der Waals surface area contributed by atoms with Crippen molar-refractivity contribution in [3.05, 3.63) is 83.2 Å². The van der Waals surface area contributed by atoms with Crippen LogP contribution < -0.4 is 9.47 Å². The van der Waals surface area contributed by atoms with Crippen LogP contribution in [0, 0.1) is 23.4 Å². The van der Waals surface area contributed by atoms with E-state index < -0.39 is 23.4 Å². The smallest absolute Gasteiger partial charge is 0.346 e. The fourth-order valence-electron chi connectivity index (χ4n) is 4.62. The van der Waals surface area contributed by atoms with Gasteiger partial charge in [0.25, 0.3) is 0 Å². The van der Waals surface area contributed by atoms with Crippen LogP contribution in [0.2, 0.25) is 0 Å². The van der Waals surface area contributed by atoms with E-state index in [1.54, 1.807) is 24.3 Å². The van der Waals surface area contributed by atoms with Gasteiger partial charge < -0.3 is 9.47 Å². The summed E-state index contributed by atoms with van der Waals surface area (Å²) in [5, 5.41) is 0. The van der Waals surface area contributed by atoms with E-state index in [9.17, 15) is 18.0 Å². The van der Waals surface area contributed by atoms with Crippen molar-refractivity contribution in [2.75, 3.05) is 6.61 Å². The van der Waals surface area contributed by atoms with Crippen LogP contribution in [0.25, 0.3) is 11.1 Å². The van der Waals surface area contributed by atoms with Crippen molar-refractivity contribution in [3.63, 3.8) is 0 Å². The highest BCUT2D eigenvalue weighted by Gasteiger charge is 2.25. The van der Waals surface area contributed by atoms with E-state index in [-0.39, 0.29) is 22.8 Å². The second-order valence-corrected chi connectivity index (χ2v) is 9.54. The lowest BCUT2D eigenvalue weighted by Crippen LogP contribution is -2.13. The van der Waals surface area contributed by atoms with Gasteiger partial charge in [0.05, 0.1) is 12.2 Å². The highest BCUT2D eigenvalue weighted by atomic mass is 19.2. The molecule has 0 aromatic heterocycles. The predicted octanol–water partition coefficient (Wildman–Crippen LogP) is 8.46. The normalized spacial score (nSPS) is 17.6. The minimum atomic E-state index is -0.876. The van der Waals surface area contributed by atoms with E-state index >= 15 is 0 Å². The number of halogens is 3. The number of rotatable bonds is 8. The third-order valence-corrected chi connectivity index (χ3v) is 6.87. The summed E-state index contributed by atoms with van der Waals surface area (Å²) in [6.45, 7) is 4.69. The molecular weight excluding hydrogens is 465 g/mol. The Balaban J connectivity index is 1.44. The van der Waals surface area contributed by atoms with Gasteiger partial charge >= 0.3 is 5.97 Å². The number of benzene rings is 3. The molecule has 0 spiro atoms. The first-order valence-electron chi connectivity index (χ1n) is 12.6. The van der Waals surface area contributed by atoms with Gasteiger partial charge in [-0.05, 0) is 66.5 Å². The third kappa shape index (κ3) is 5.92. The van der Waals surface area contributed by atoms with Crippen LogP contribution in [0.5, 0.6) is 11.5 Å². The second-order valence-electron chi connectivity index (χ2n) is 9.54. The molecular formula is C30H31F3O3. The van der Waals surface area contributed by atoms with Crippen LogP contribution in [0.3, 0.4) is 0 Å². The number of hydrogen-bond acceptors (Lipinski definition) is 3. The Hall–Kier alpha value is -3.28. The van der Waals surface area contributed by atoms with Crippen molar-refractivity contribution >= 4 is 5.97 Å². The average molecular weight is 497 g/mol. The minimum absolute atomic E-state index is 0.0453. The molecule has 0 saturated heterocycles. The maximum atomic E-state index is 15.0. The summed E-state index contributed by atoms with van der Waals surface area (Å²) in [4.78, 5) is 12.5. The predicted molar refractivity (Wildman–Crippen MR) is 134 cm³/mol. The topological polar surface area (TPSA) is 35.5 Å². The number of hydrogen-bond donors (Lipinski definition) is 0. The van der Waals surface area contributed by atoms with Crippen molar-refractivity contribution in [1.29, 1.82) is 0 Å². The summed E-state index contributed by atoms with van der Waals surface area (Å²) in [6.07, 6.45) is 5.58. The van der Waals surface area contributed by atoms with Gasteiger partial charge in [-0.25, -0.2) is 18.0 Å². The largest absolute Gasteiger partial charge is 0.493 e. The molecule has 0 bridgehead atoms. The highest BCUT2D eigenvalue weighted by molar-refractivity contribution is 5.91. The summed E-state index contributed by atoms with van der Waals surface area (Å²) >= 11 is 0. The standard InChI is InChI=1S/C30H31F3O3/c1-3-4-17-35-23-13-14-26(27(31)18-23)30(34)36-22-11-9-21(10-12-22)25-16-15-24(28(32)29(25)33)20-7-5-19(2)6-8-20/h9-16,18-20H,3-8,17H2,1-2H3. The van der Waals surface area contributed by atoms with E-state index in [1.165, 1.54) is 24.3 Å². The lowest BCUT2D eigenvalue weighted by Gasteiger charge is -2.27. The van der Waals surface area contributed by atoms with Crippen LogP contribution in [0.15, 0.2) is 54.6 Å². The molecule has 0 unspecified atom stereocenters. The van der Waals surface area contributed by atoms with E-state index in [4.69, 9.17) is 9.47 Å². The third-order valence-electron chi connectivity index (χ3n) is 6.87. The van der Waals surface area contributed by atoms with Crippen molar-refractivity contribution in [2.45, 2.75) is 58.3 Å². The maximum absolute atomic E-state index is 15.0. The molecule has 1 saturated carbocycles. The Morgan fingerprint density at radius 1 is 0.889 bits per heavy atom. The number of unbranched alkanes of at least 4 members (excludes halogenated alkanes) is 1. The molecule has 1 aliphatic rings. The van der Waals surface area contributed by atoms with Gasteiger partial charge in [-0.2, -0.15) is 0 Å². The fraction of sp³-hybridized carbons (Fsp3) is 0.367. The molecule has 3 aromatic carbocycles. The zero-order valence-corrected chi connectivity index (χ0v) is 20.7. The van der Waals surface area contributed by atoms with Gasteiger partial charge in [0.1, 0.15) is 17.3 Å². The van der Waals surface area contributed by atoms with Crippen LogP contribution in [0.1, 0.15) is 74.2 Å². The molecule has 0 radical (unpaired) electrons. The molecule has 190 valence electrons. The molecule has 3 aromatic rings. The van der Waals surface area contributed by atoms with Crippen LogP contribution in [0.4, 0.5) is 13.2 Å². The van der Waals surface area contributed by atoms with Crippen LogP contribution in [-0.2, 0) is 0 Å². The zero-order valence-electron chi connectivity index (χ0n) is 20.7. The van der Waals surface area contributed by atoms with Gasteiger partial charge in [-0.15, -0.1) is 0 Å². The molecule has 36 heavy (non-hydrogen) atoms. The first-order valence-corrected chi connectivity index (χ1v) is 12.6. The van der Waals surface area contributed by atoms with Crippen molar-refractivity contribution < 1.29 is 27.4 Å². The van der Waals surface area contributed by atoms with Crippen molar-refractivity contribution in [2.24, 2.45) is 5.92 Å². The Morgan fingerprint density at radius 2 is 1.58 bits per heavy atom. The van der Waals surface area contributed by atoms with E-state index in [1.807, 2.05) is 6.92 Å². The molecule has 0 atom stereocenters. The zero-order chi connectivity index (χ0) is 25.7. The van der Waals surface area contributed by atoms with E-state index in [0.717, 1.165) is 44.6 Å². The summed E-state index contributed by atoms with van der Waals surface area (Å²) in [5.41, 5.74) is 0.818. The Morgan fingerprint density at radius 3 is 2.25 bits per heavy atom. The highest BCUT2D eigenvalue weighted by Crippen LogP contribution is 2.39. The lowest BCUT2D eigenvalue weighted by atomic mass is 9.79. The van der Waals surface area contributed by atoms with E-state index in [0.29, 0.717) is 29.4 Å². The Kier molecular flexibility index (Phi) is 8.34. The summed E-state index contributed by atoms with van der Waals surface area (Å²) in [7, 11) is 0. The van der Waals surface area contributed by atoms with Gasteiger partial charge in [-0.3, -0.25) is 0 Å². The quantitative estimate of drug-likeness (QED) is 0.178. The second kappa shape index (κ2) is 11.6. The molecule has 0 aliphatic heterocycles. The molecule has 0 amide bonds. The summed E-state index contributed by atoms with van der Waals surface area (Å²) < 4.78 is 55.0. The molecule has 0 N–H and O–H groups in total. The lowest BCUT2D eigenvalue weighted by molar-refractivity contribution is 0.0730. The SMILES string of the molecule is CCCCOc1ccc(C(=O)Oc2ccc(-c3ccc(C4CCC(C)CC4)c(F)c3F)cc2)c(F)c1. The van der Waals surface area contributed by atoms with Gasteiger partial charge in [0.15, 0.2) is 11.6 Å². The van der Waals surface area contributed by atoms with Gasteiger partial charge in [0, 0.05) is 11.6 Å². The maximum Gasteiger partial charge on any atom is 0.346 e. The fourth-order valence-corrected chi connectivity index (χ4v) is 4.62. The molecule has 0 heterocycles. The minimum Gasteiger partial charge on any atom is -0.493 e. The van der Waals surface area contributed by atoms with E-state index in [2.05, 4.69) is 6.92 Å². The molecule has 3 nitrogen and oxygen atoms in total. The molecule has 1 aliphatic carbocycles. The number of carbonyl (C=O) groups excluding carboxylic acids is 1. The molecule has 4 rings (SSSR count). The number of carbonyl (C=O) groups is 1. The molecule has 1 fully saturated rings. The first-order chi connectivity index (χ1) is 17.4. The van der Waals surface area contributed by atoms with Crippen LogP contribution in [-0.4, -0.2) is 12.6 Å². The summed E-state index contributed by atoms with van der Waals surface area (Å²) in [6, 6.07) is 13.3. The Bertz CT molecular complexity index is 1200.